The van der Waals surface area contributed by atoms with Gasteiger partial charge in [0.05, 0.1) is 56.8 Å². The van der Waals surface area contributed by atoms with Crippen molar-refractivity contribution in [2.24, 2.45) is 0 Å². The second kappa shape index (κ2) is 22.1. The van der Waals surface area contributed by atoms with E-state index in [9.17, 15) is 27.6 Å². The molecule has 3 aromatic carbocycles. The maximum absolute atomic E-state index is 13.3. The summed E-state index contributed by atoms with van der Waals surface area (Å²) in [5.74, 6) is -0.763. The summed E-state index contributed by atoms with van der Waals surface area (Å²) in [7, 11) is -1.81. The van der Waals surface area contributed by atoms with Gasteiger partial charge < -0.3 is 39.8 Å². The molecule has 2 fully saturated rings. The monoisotopic (exact) mass is 952 g/mol. The zero-order valence-electron chi connectivity index (χ0n) is 38.0. The van der Waals surface area contributed by atoms with Crippen LogP contribution in [0.2, 0.25) is 0 Å². The van der Waals surface area contributed by atoms with Crippen molar-refractivity contribution in [3.8, 4) is 11.3 Å². The number of hydrogen-bond donors (Lipinski definition) is 4. The number of anilines is 4. The molecule has 2 saturated heterocycles. The van der Waals surface area contributed by atoms with Crippen LogP contribution >= 0.6 is 0 Å². The standard InChI is InChI=1S/C47H56N10O10S/c1-64-46-37-15-10-34(30-38(37)45(61)56(46)40-16-17-42(58)52-44(40)60)48-18-24-65-26-28-67-29-27-66-25-19-49-43(59)31-54-20-22-55(23-21-54)35-11-8-33(9-12-35)50-47-51-41-5-3-4-39(57(41)53-47)32-6-13-36(14-7-32)68(2,62)63/h3-15,30,40,46,48H,16-29,31H2,1-2H3,(H,49,59)(H,50,53)(H,52,58,60). The summed E-state index contributed by atoms with van der Waals surface area (Å²) in [5.41, 5.74) is 6.03. The van der Waals surface area contributed by atoms with Gasteiger partial charge in [-0.1, -0.05) is 24.3 Å². The van der Waals surface area contributed by atoms with Gasteiger partial charge in [0.2, 0.25) is 23.7 Å². The lowest BCUT2D eigenvalue weighted by molar-refractivity contribution is -0.140. The summed E-state index contributed by atoms with van der Waals surface area (Å²) in [6, 6.07) is 25.1. The van der Waals surface area contributed by atoms with Crippen LogP contribution in [0.4, 0.5) is 23.0 Å². The number of rotatable bonds is 22. The Kier molecular flexibility index (Phi) is 15.6. The highest BCUT2D eigenvalue weighted by Crippen LogP contribution is 2.38. The molecule has 0 radical (unpaired) electrons. The Labute approximate surface area is 394 Å². The van der Waals surface area contributed by atoms with Crippen LogP contribution in [0, 0.1) is 0 Å². The third-order valence-electron chi connectivity index (χ3n) is 11.9. The second-order valence-electron chi connectivity index (χ2n) is 16.5. The molecular formula is C47H56N10O10S. The number of piperazine rings is 1. The van der Waals surface area contributed by atoms with Crippen LogP contribution < -0.4 is 26.2 Å². The number of nitrogens with zero attached hydrogens (tertiary/aromatic N) is 6. The van der Waals surface area contributed by atoms with Crippen LogP contribution in [-0.2, 0) is 43.2 Å². The van der Waals surface area contributed by atoms with Gasteiger partial charge in [0.15, 0.2) is 21.7 Å². The first-order valence-electron chi connectivity index (χ1n) is 22.5. The van der Waals surface area contributed by atoms with Gasteiger partial charge in [-0.05, 0) is 67.1 Å². The first kappa shape index (κ1) is 48.0. The summed E-state index contributed by atoms with van der Waals surface area (Å²) >= 11 is 0. The Morgan fingerprint density at radius 1 is 0.824 bits per heavy atom. The molecule has 2 atom stereocenters. The summed E-state index contributed by atoms with van der Waals surface area (Å²) in [4.78, 5) is 60.8. The molecule has 4 N–H and O–H groups in total. The minimum absolute atomic E-state index is 0.0429. The van der Waals surface area contributed by atoms with Crippen LogP contribution in [0.1, 0.15) is 35.0 Å². The number of hydrogen-bond acceptors (Lipinski definition) is 16. The number of carbonyl (C=O) groups excluding carboxylic acids is 4. The van der Waals surface area contributed by atoms with E-state index in [-0.39, 0.29) is 35.5 Å². The molecule has 0 saturated carbocycles. The summed E-state index contributed by atoms with van der Waals surface area (Å²) in [6.45, 7) is 6.71. The lowest BCUT2D eigenvalue weighted by atomic mass is 10.0. The van der Waals surface area contributed by atoms with Crippen LogP contribution in [-0.4, -0.2) is 161 Å². The van der Waals surface area contributed by atoms with Crippen molar-refractivity contribution in [2.75, 3.05) is 114 Å². The number of carbonyl (C=O) groups is 4. The molecule has 4 amide bonds. The molecule has 5 heterocycles. The molecule has 68 heavy (non-hydrogen) atoms. The van der Waals surface area contributed by atoms with Crippen molar-refractivity contribution in [2.45, 2.75) is 30.0 Å². The molecule has 3 aliphatic rings. The van der Waals surface area contributed by atoms with Crippen molar-refractivity contribution in [1.29, 1.82) is 0 Å². The minimum Gasteiger partial charge on any atom is -0.383 e. The Bertz CT molecular complexity index is 2690. The van der Waals surface area contributed by atoms with Gasteiger partial charge in [-0.25, -0.2) is 12.9 Å². The zero-order chi connectivity index (χ0) is 47.6. The molecule has 0 aliphatic carbocycles. The van der Waals surface area contributed by atoms with Crippen LogP contribution in [0.3, 0.4) is 0 Å². The van der Waals surface area contributed by atoms with E-state index >= 15 is 0 Å². The van der Waals surface area contributed by atoms with Crippen molar-refractivity contribution in [1.82, 2.24) is 35.0 Å². The number of ether oxygens (including phenoxy) is 4. The Morgan fingerprint density at radius 3 is 2.21 bits per heavy atom. The molecule has 5 aromatic rings. The fourth-order valence-electron chi connectivity index (χ4n) is 8.38. The van der Waals surface area contributed by atoms with E-state index in [0.717, 1.165) is 54.5 Å². The van der Waals surface area contributed by atoms with Gasteiger partial charge in [0.25, 0.3) is 5.91 Å². The number of pyridine rings is 1. The molecule has 8 rings (SSSR count). The van der Waals surface area contributed by atoms with E-state index in [1.54, 1.807) is 34.8 Å². The van der Waals surface area contributed by atoms with E-state index in [2.05, 4.69) is 53.3 Å². The molecule has 360 valence electrons. The lowest BCUT2D eigenvalue weighted by Crippen LogP contribution is -2.53. The largest absolute Gasteiger partial charge is 0.383 e. The Morgan fingerprint density at radius 2 is 1.51 bits per heavy atom. The number of fused-ring (bicyclic) bond motifs is 2. The molecular weight excluding hydrogens is 897 g/mol. The number of amides is 4. The quantitative estimate of drug-likeness (QED) is 0.0578. The van der Waals surface area contributed by atoms with Gasteiger partial charge in [-0.2, -0.15) is 4.98 Å². The topological polar surface area (TPSA) is 227 Å². The highest BCUT2D eigenvalue weighted by Gasteiger charge is 2.45. The fraction of sp³-hybridized carbons (Fsp3) is 0.404. The third-order valence-corrected chi connectivity index (χ3v) is 13.0. The SMILES string of the molecule is COC1c2ccc(NCCOCCOCCOCCNC(=O)CN3CCN(c4ccc(Nc5nc6cccc(-c7ccc(S(C)(=O)=O)cc7)n6n5)cc4)CC3)cc2C(=O)N1C1CCC(=O)NC1=O. The number of aromatic nitrogens is 3. The molecule has 20 nitrogen and oxygen atoms in total. The van der Waals surface area contributed by atoms with E-state index in [1.807, 2.05) is 42.5 Å². The Hall–Kier alpha value is -6.49. The average molecular weight is 953 g/mol. The van der Waals surface area contributed by atoms with Gasteiger partial charge in [0.1, 0.15) is 6.04 Å². The number of benzene rings is 3. The zero-order valence-corrected chi connectivity index (χ0v) is 38.8. The summed E-state index contributed by atoms with van der Waals surface area (Å²) in [6.07, 6.45) is 0.888. The number of nitrogens with one attached hydrogen (secondary N) is 4. The third kappa shape index (κ3) is 11.8. The molecule has 2 unspecified atom stereocenters. The predicted molar refractivity (Wildman–Crippen MR) is 252 cm³/mol. The first-order chi connectivity index (χ1) is 32.9. The molecule has 0 spiro atoms. The molecule has 21 heteroatoms. The van der Waals surface area contributed by atoms with Crippen molar-refractivity contribution in [3.05, 3.63) is 96.1 Å². The maximum atomic E-state index is 13.3. The molecule has 2 aromatic heterocycles. The van der Waals surface area contributed by atoms with Crippen molar-refractivity contribution < 1.29 is 46.5 Å². The second-order valence-corrected chi connectivity index (χ2v) is 18.5. The van der Waals surface area contributed by atoms with Crippen LogP contribution in [0.25, 0.3) is 16.9 Å². The number of methoxy groups -OCH3 is 1. The summed E-state index contributed by atoms with van der Waals surface area (Å²) < 4.78 is 48.0. The predicted octanol–water partition coefficient (Wildman–Crippen LogP) is 2.85. The number of imide groups is 1. The van der Waals surface area contributed by atoms with Gasteiger partial charge in [0, 0.05) is 92.8 Å². The summed E-state index contributed by atoms with van der Waals surface area (Å²) in [5, 5.41) is 16.5. The van der Waals surface area contributed by atoms with Crippen LogP contribution in [0.15, 0.2) is 89.8 Å². The maximum Gasteiger partial charge on any atom is 0.257 e. The van der Waals surface area contributed by atoms with E-state index in [4.69, 9.17) is 18.9 Å². The van der Waals surface area contributed by atoms with E-state index in [1.165, 1.54) is 18.3 Å². The average Bonchev–Trinajstić information content (AvgIpc) is 3.87. The molecule has 3 aliphatic heterocycles. The minimum atomic E-state index is -3.30. The van der Waals surface area contributed by atoms with Gasteiger partial charge >= 0.3 is 0 Å². The van der Waals surface area contributed by atoms with Gasteiger partial charge in [-0.15, -0.1) is 5.10 Å². The van der Waals surface area contributed by atoms with E-state index < -0.39 is 28.0 Å². The Balaban J connectivity index is 0.648. The highest BCUT2D eigenvalue weighted by atomic mass is 32.2. The van der Waals surface area contributed by atoms with E-state index in [0.29, 0.717) is 82.0 Å². The number of piperidine rings is 1. The van der Waals surface area contributed by atoms with Crippen LogP contribution in [0.5, 0.6) is 0 Å². The highest BCUT2D eigenvalue weighted by molar-refractivity contribution is 7.90. The smallest absolute Gasteiger partial charge is 0.257 e. The number of sulfone groups is 1. The first-order valence-corrected chi connectivity index (χ1v) is 24.4. The van der Waals surface area contributed by atoms with Gasteiger partial charge in [-0.3, -0.25) is 34.3 Å². The lowest BCUT2D eigenvalue weighted by Gasteiger charge is -2.35. The van der Waals surface area contributed by atoms with Crippen molar-refractivity contribution >= 4 is 62.1 Å². The fourth-order valence-corrected chi connectivity index (χ4v) is 9.02. The normalized spacial score (nSPS) is 17.6. The van der Waals surface area contributed by atoms with Crippen molar-refractivity contribution in [3.63, 3.8) is 0 Å². The molecule has 0 bridgehead atoms.